The average Bonchev–Trinajstić information content (AvgIpc) is 2.76. The molecule has 0 radical (unpaired) electrons. The molecule has 0 bridgehead atoms. The second-order valence-corrected chi connectivity index (χ2v) is 4.97. The van der Waals surface area contributed by atoms with Crippen molar-refractivity contribution in [2.24, 2.45) is 12.8 Å². The largest absolute Gasteiger partial charge is 0.344 e. The van der Waals surface area contributed by atoms with Crippen LogP contribution in [0.2, 0.25) is 0 Å². The number of hydrogen-bond donors (Lipinski definition) is 2. The number of benzene rings is 1. The van der Waals surface area contributed by atoms with E-state index in [1.807, 2.05) is 55.8 Å². The van der Waals surface area contributed by atoms with Crippen LogP contribution in [0.25, 0.3) is 0 Å². The summed E-state index contributed by atoms with van der Waals surface area (Å²) in [6, 6.07) is 9.47. The number of carbonyl (C=O) groups excluding carboxylic acids is 1. The highest BCUT2D eigenvalue weighted by Crippen LogP contribution is 2.16. The Kier molecular flexibility index (Phi) is 4.46. The third kappa shape index (κ3) is 3.53. The fraction of sp³-hybridized carbons (Fsp3) is 0.235. The molecule has 2 aromatic rings. The molecule has 21 heavy (non-hydrogen) atoms. The van der Waals surface area contributed by atoms with Crippen molar-refractivity contribution in [3.05, 3.63) is 52.8 Å². The molecule has 3 N–H and O–H groups in total. The van der Waals surface area contributed by atoms with Crippen LogP contribution in [0.3, 0.4) is 0 Å². The number of nitrogens with two attached hydrogens (primary N) is 1. The minimum absolute atomic E-state index is 0.131. The highest BCUT2D eigenvalue weighted by Gasteiger charge is 2.11. The van der Waals surface area contributed by atoms with Crippen molar-refractivity contribution in [3.8, 4) is 11.8 Å². The van der Waals surface area contributed by atoms with Crippen molar-refractivity contribution in [1.29, 1.82) is 0 Å². The Balaban J connectivity index is 2.25. The summed E-state index contributed by atoms with van der Waals surface area (Å²) in [7, 11) is 1.87. The van der Waals surface area contributed by atoms with Gasteiger partial charge in [0.15, 0.2) is 0 Å². The Labute approximate surface area is 125 Å². The van der Waals surface area contributed by atoms with Gasteiger partial charge >= 0.3 is 0 Å². The number of rotatable bonds is 2. The quantitative estimate of drug-likeness (QED) is 0.829. The predicted octanol–water partition coefficient (Wildman–Crippen LogP) is 2.20. The van der Waals surface area contributed by atoms with Crippen molar-refractivity contribution in [3.63, 3.8) is 0 Å². The molecule has 0 aliphatic heterocycles. The first-order valence-electron chi connectivity index (χ1n) is 6.75. The maximum absolute atomic E-state index is 12.3. The van der Waals surface area contributed by atoms with E-state index in [1.165, 1.54) is 0 Å². The van der Waals surface area contributed by atoms with Gasteiger partial charge in [0.05, 0.1) is 6.54 Å². The number of hydrogen-bond acceptors (Lipinski definition) is 2. The lowest BCUT2D eigenvalue weighted by molar-refractivity contribution is 0.101. The molecule has 0 saturated heterocycles. The smallest absolute Gasteiger partial charge is 0.272 e. The van der Waals surface area contributed by atoms with Gasteiger partial charge in [-0.1, -0.05) is 11.8 Å². The summed E-state index contributed by atoms with van der Waals surface area (Å²) < 4.78 is 1.86. The second kappa shape index (κ2) is 6.29. The third-order valence-corrected chi connectivity index (χ3v) is 3.28. The van der Waals surface area contributed by atoms with E-state index < -0.39 is 0 Å². The topological polar surface area (TPSA) is 60.0 Å². The fourth-order valence-corrected chi connectivity index (χ4v) is 2.12. The van der Waals surface area contributed by atoms with Gasteiger partial charge in [0.25, 0.3) is 5.91 Å². The number of aryl methyl sites for hydroxylation is 2. The lowest BCUT2D eigenvalue weighted by Crippen LogP contribution is -2.16. The van der Waals surface area contributed by atoms with Gasteiger partial charge in [-0.15, -0.1) is 0 Å². The molecule has 0 saturated carbocycles. The molecule has 4 nitrogen and oxygen atoms in total. The van der Waals surface area contributed by atoms with E-state index in [0.29, 0.717) is 12.2 Å². The van der Waals surface area contributed by atoms with Gasteiger partial charge in [-0.3, -0.25) is 4.79 Å². The summed E-state index contributed by atoms with van der Waals surface area (Å²) in [5.74, 6) is 5.67. The van der Waals surface area contributed by atoms with Crippen LogP contribution in [-0.2, 0) is 7.05 Å². The number of anilines is 1. The Morgan fingerprint density at radius 3 is 2.67 bits per heavy atom. The fourth-order valence-electron chi connectivity index (χ4n) is 2.12. The highest BCUT2D eigenvalue weighted by molar-refractivity contribution is 6.03. The average molecular weight is 281 g/mol. The number of carbonyl (C=O) groups is 1. The first-order chi connectivity index (χ1) is 10.0. The van der Waals surface area contributed by atoms with Crippen LogP contribution in [0.1, 0.15) is 27.3 Å². The molecule has 1 aromatic heterocycles. The van der Waals surface area contributed by atoms with E-state index in [-0.39, 0.29) is 5.91 Å². The van der Waals surface area contributed by atoms with Crippen molar-refractivity contribution >= 4 is 11.6 Å². The Hall–Kier alpha value is -2.51. The van der Waals surface area contributed by atoms with Gasteiger partial charge < -0.3 is 15.6 Å². The summed E-state index contributed by atoms with van der Waals surface area (Å²) in [5, 5.41) is 2.91. The first-order valence-corrected chi connectivity index (χ1v) is 6.75. The normalized spacial score (nSPS) is 9.90. The van der Waals surface area contributed by atoms with E-state index in [0.717, 1.165) is 22.5 Å². The minimum atomic E-state index is -0.131. The summed E-state index contributed by atoms with van der Waals surface area (Å²) in [5.41, 5.74) is 9.67. The van der Waals surface area contributed by atoms with Crippen LogP contribution >= 0.6 is 0 Å². The van der Waals surface area contributed by atoms with Gasteiger partial charge in [0.2, 0.25) is 0 Å². The molecule has 0 aliphatic rings. The number of nitrogens with zero attached hydrogens (tertiary/aromatic N) is 1. The molecule has 0 unspecified atom stereocenters. The molecule has 0 fully saturated rings. The van der Waals surface area contributed by atoms with Crippen LogP contribution in [0.15, 0.2) is 30.3 Å². The summed E-state index contributed by atoms with van der Waals surface area (Å²) >= 11 is 0. The molecule has 1 heterocycles. The van der Waals surface area contributed by atoms with Crippen LogP contribution in [0.4, 0.5) is 5.69 Å². The molecule has 0 spiro atoms. The Morgan fingerprint density at radius 2 is 2.05 bits per heavy atom. The monoisotopic (exact) mass is 281 g/mol. The van der Waals surface area contributed by atoms with Gasteiger partial charge in [0, 0.05) is 24.0 Å². The lowest BCUT2D eigenvalue weighted by Gasteiger charge is -2.08. The maximum Gasteiger partial charge on any atom is 0.272 e. The van der Waals surface area contributed by atoms with E-state index in [2.05, 4.69) is 17.2 Å². The van der Waals surface area contributed by atoms with Crippen LogP contribution in [0.5, 0.6) is 0 Å². The SMILES string of the molecule is Cc1cc(C#CCN)cc(NC(=O)c2ccc(C)n2C)c1. The van der Waals surface area contributed by atoms with Crippen molar-refractivity contribution < 1.29 is 4.79 Å². The maximum atomic E-state index is 12.3. The van der Waals surface area contributed by atoms with Gasteiger partial charge in [-0.05, 0) is 49.7 Å². The zero-order valence-corrected chi connectivity index (χ0v) is 12.5. The van der Waals surface area contributed by atoms with Crippen molar-refractivity contribution in [2.45, 2.75) is 13.8 Å². The number of amides is 1. The standard InChI is InChI=1S/C17H19N3O/c1-12-9-14(5-4-8-18)11-15(10-12)19-17(21)16-7-6-13(2)20(16)3/h6-7,9-11H,8,18H2,1-3H3,(H,19,21). The van der Waals surface area contributed by atoms with Gasteiger partial charge in [-0.25, -0.2) is 0 Å². The van der Waals surface area contributed by atoms with Crippen LogP contribution in [0, 0.1) is 25.7 Å². The van der Waals surface area contributed by atoms with Gasteiger partial charge in [0.1, 0.15) is 5.69 Å². The summed E-state index contributed by atoms with van der Waals surface area (Å²) in [4.78, 5) is 12.3. The molecule has 1 amide bonds. The molecular weight excluding hydrogens is 262 g/mol. The van der Waals surface area contributed by atoms with Crippen LogP contribution in [-0.4, -0.2) is 17.0 Å². The molecule has 108 valence electrons. The molecule has 2 rings (SSSR count). The minimum Gasteiger partial charge on any atom is -0.344 e. The Morgan fingerprint density at radius 1 is 1.29 bits per heavy atom. The molecule has 0 atom stereocenters. The second-order valence-electron chi connectivity index (χ2n) is 4.97. The third-order valence-electron chi connectivity index (χ3n) is 3.28. The van der Waals surface area contributed by atoms with Gasteiger partial charge in [-0.2, -0.15) is 0 Å². The first kappa shape index (κ1) is 14.9. The highest BCUT2D eigenvalue weighted by atomic mass is 16.1. The molecule has 1 aromatic carbocycles. The van der Waals surface area contributed by atoms with E-state index >= 15 is 0 Å². The Bertz CT molecular complexity index is 732. The number of nitrogens with one attached hydrogen (secondary N) is 1. The lowest BCUT2D eigenvalue weighted by atomic mass is 10.1. The van der Waals surface area contributed by atoms with Crippen molar-refractivity contribution in [1.82, 2.24) is 4.57 Å². The van der Waals surface area contributed by atoms with E-state index in [4.69, 9.17) is 5.73 Å². The molecular formula is C17H19N3O. The molecule has 0 aliphatic carbocycles. The summed E-state index contributed by atoms with van der Waals surface area (Å²) in [6.07, 6.45) is 0. The zero-order valence-electron chi connectivity index (χ0n) is 12.5. The summed E-state index contributed by atoms with van der Waals surface area (Å²) in [6.45, 7) is 4.25. The van der Waals surface area contributed by atoms with Crippen molar-refractivity contribution in [2.75, 3.05) is 11.9 Å². The zero-order chi connectivity index (χ0) is 15.4. The van der Waals surface area contributed by atoms with Crippen LogP contribution < -0.4 is 11.1 Å². The van der Waals surface area contributed by atoms with E-state index in [1.54, 1.807) is 0 Å². The predicted molar refractivity (Wildman–Crippen MR) is 85.2 cm³/mol. The van der Waals surface area contributed by atoms with E-state index in [9.17, 15) is 4.79 Å². The molecule has 4 heteroatoms. The number of aromatic nitrogens is 1.